The molecule has 2 heterocycles. The number of rotatable bonds is 4. The second kappa shape index (κ2) is 6.42. The van der Waals surface area contributed by atoms with Crippen LogP contribution in [-0.2, 0) is 6.42 Å². The first kappa shape index (κ1) is 16.5. The molecule has 5 heteroatoms. The Morgan fingerprint density at radius 1 is 1.08 bits per heavy atom. The molecule has 26 heavy (non-hydrogen) atoms. The number of carbonyl (C=O) groups is 1. The molecule has 0 aliphatic heterocycles. The molecule has 4 aromatic rings. The summed E-state index contributed by atoms with van der Waals surface area (Å²) in [5, 5.41) is 9.92. The van der Waals surface area contributed by atoms with Crippen LogP contribution in [0.3, 0.4) is 0 Å². The Kier molecular flexibility index (Phi) is 4.09. The van der Waals surface area contributed by atoms with Crippen LogP contribution in [0.25, 0.3) is 27.5 Å². The van der Waals surface area contributed by atoms with Crippen LogP contribution < -0.4 is 0 Å². The number of benzene rings is 2. The molecule has 0 spiro atoms. The van der Waals surface area contributed by atoms with E-state index in [1.807, 2.05) is 37.3 Å². The molecule has 2 aromatic carbocycles. The van der Waals surface area contributed by atoms with E-state index in [0.29, 0.717) is 10.7 Å². The largest absolute Gasteiger partial charge is 0.476 e. The molecule has 0 aliphatic rings. The van der Waals surface area contributed by atoms with E-state index in [0.717, 1.165) is 28.1 Å². The van der Waals surface area contributed by atoms with Crippen molar-refractivity contribution in [1.29, 1.82) is 0 Å². The van der Waals surface area contributed by atoms with Gasteiger partial charge >= 0.3 is 5.97 Å². The van der Waals surface area contributed by atoms with Crippen LogP contribution in [-0.4, -0.2) is 20.5 Å². The van der Waals surface area contributed by atoms with Crippen molar-refractivity contribution in [2.45, 2.75) is 20.3 Å². The molecule has 2 aromatic heterocycles. The number of aryl methyl sites for hydroxylation is 2. The van der Waals surface area contributed by atoms with Gasteiger partial charge in [0.25, 0.3) is 0 Å². The van der Waals surface area contributed by atoms with Crippen molar-refractivity contribution >= 4 is 22.3 Å². The van der Waals surface area contributed by atoms with Gasteiger partial charge in [0.2, 0.25) is 0 Å². The summed E-state index contributed by atoms with van der Waals surface area (Å²) < 4.78 is 1.78. The van der Waals surface area contributed by atoms with Crippen LogP contribution in [0.1, 0.15) is 27.9 Å². The number of aromatic nitrogens is 2. The van der Waals surface area contributed by atoms with Crippen LogP contribution in [0.15, 0.2) is 54.6 Å². The summed E-state index contributed by atoms with van der Waals surface area (Å²) in [5.74, 6) is -0.972. The molecule has 130 valence electrons. The molecule has 0 amide bonds. The van der Waals surface area contributed by atoms with Gasteiger partial charge in [-0.3, -0.25) is 4.40 Å². The average Bonchev–Trinajstić information content (AvgIpc) is 3.17. The second-order valence-corrected chi connectivity index (χ2v) is 7.34. The minimum atomic E-state index is -0.972. The van der Waals surface area contributed by atoms with E-state index in [9.17, 15) is 9.90 Å². The molecule has 0 saturated heterocycles. The van der Waals surface area contributed by atoms with E-state index in [2.05, 4.69) is 36.2 Å². The maximum atomic E-state index is 12.1. The Balaban J connectivity index is 2.00. The van der Waals surface area contributed by atoms with E-state index in [4.69, 9.17) is 0 Å². The number of nitrogens with zero attached hydrogens (tertiary/aromatic N) is 2. The molecule has 0 radical (unpaired) electrons. The molecule has 0 atom stereocenters. The van der Waals surface area contributed by atoms with Crippen LogP contribution in [0, 0.1) is 6.92 Å². The summed E-state index contributed by atoms with van der Waals surface area (Å²) in [5.41, 5.74) is 4.70. The van der Waals surface area contributed by atoms with Gasteiger partial charge in [0, 0.05) is 10.4 Å². The molecule has 0 bridgehead atoms. The van der Waals surface area contributed by atoms with Crippen LogP contribution >= 0.6 is 11.3 Å². The fourth-order valence-corrected chi connectivity index (χ4v) is 4.23. The van der Waals surface area contributed by atoms with E-state index < -0.39 is 5.97 Å². The topological polar surface area (TPSA) is 54.6 Å². The van der Waals surface area contributed by atoms with Crippen molar-refractivity contribution in [3.8, 4) is 22.5 Å². The number of carboxylic acids is 1. The normalized spacial score (nSPS) is 11.2. The summed E-state index contributed by atoms with van der Waals surface area (Å²) in [6, 6.07) is 17.8. The zero-order chi connectivity index (χ0) is 18.3. The number of hydrogen-bond donors (Lipinski definition) is 1. The first-order chi connectivity index (χ1) is 12.6. The Morgan fingerprint density at radius 3 is 2.38 bits per heavy atom. The molecule has 4 nitrogen and oxygen atoms in total. The minimum Gasteiger partial charge on any atom is -0.476 e. The highest BCUT2D eigenvalue weighted by molar-refractivity contribution is 7.17. The summed E-state index contributed by atoms with van der Waals surface area (Å²) in [6.45, 7) is 4.13. The predicted octanol–water partition coefficient (Wildman–Crippen LogP) is 5.30. The highest BCUT2D eigenvalue weighted by atomic mass is 32.1. The standard InChI is InChI=1S/C21H18N2O2S/c1-3-14-9-11-16(12-10-14)18-13(2)26-21-22-17(15-7-5-4-6-8-15)19(20(24)25)23(18)21/h4-12H,3H2,1-2H3,(H,24,25). The summed E-state index contributed by atoms with van der Waals surface area (Å²) in [7, 11) is 0. The van der Waals surface area contributed by atoms with E-state index >= 15 is 0 Å². The molecule has 1 N–H and O–H groups in total. The van der Waals surface area contributed by atoms with Crippen LogP contribution in [0.4, 0.5) is 0 Å². The van der Waals surface area contributed by atoms with Gasteiger partial charge in [-0.1, -0.05) is 61.5 Å². The maximum Gasteiger partial charge on any atom is 0.355 e. The Labute approximate surface area is 155 Å². The highest BCUT2D eigenvalue weighted by Gasteiger charge is 2.25. The zero-order valence-corrected chi connectivity index (χ0v) is 15.4. The fraction of sp³-hybridized carbons (Fsp3) is 0.143. The number of thiazole rings is 1. The third-order valence-electron chi connectivity index (χ3n) is 4.53. The summed E-state index contributed by atoms with van der Waals surface area (Å²) >= 11 is 1.52. The average molecular weight is 362 g/mol. The van der Waals surface area contributed by atoms with Gasteiger partial charge in [0.15, 0.2) is 10.7 Å². The number of hydrogen-bond acceptors (Lipinski definition) is 3. The molecular formula is C21H18N2O2S. The van der Waals surface area contributed by atoms with E-state index in [1.165, 1.54) is 16.9 Å². The highest BCUT2D eigenvalue weighted by Crippen LogP contribution is 2.36. The quantitative estimate of drug-likeness (QED) is 0.536. The molecule has 0 aliphatic carbocycles. The molecule has 0 saturated carbocycles. The van der Waals surface area contributed by atoms with E-state index in [-0.39, 0.29) is 5.69 Å². The van der Waals surface area contributed by atoms with Gasteiger partial charge in [-0.15, -0.1) is 11.3 Å². The smallest absolute Gasteiger partial charge is 0.355 e. The fourth-order valence-electron chi connectivity index (χ4n) is 3.24. The van der Waals surface area contributed by atoms with Crippen LogP contribution in [0.2, 0.25) is 0 Å². The molecule has 0 fully saturated rings. The lowest BCUT2D eigenvalue weighted by atomic mass is 10.1. The van der Waals surface area contributed by atoms with Crippen molar-refractivity contribution in [2.24, 2.45) is 0 Å². The Morgan fingerprint density at radius 2 is 1.77 bits per heavy atom. The van der Waals surface area contributed by atoms with Crippen molar-refractivity contribution < 1.29 is 9.90 Å². The lowest BCUT2D eigenvalue weighted by Gasteiger charge is -2.06. The third kappa shape index (κ3) is 2.61. The SMILES string of the molecule is CCc1ccc(-c2c(C)sc3nc(-c4ccccc4)c(C(=O)O)n23)cc1. The van der Waals surface area contributed by atoms with Crippen LogP contribution in [0.5, 0.6) is 0 Å². The van der Waals surface area contributed by atoms with Crippen molar-refractivity contribution in [1.82, 2.24) is 9.38 Å². The first-order valence-electron chi connectivity index (χ1n) is 8.50. The lowest BCUT2D eigenvalue weighted by Crippen LogP contribution is -2.04. The maximum absolute atomic E-state index is 12.1. The van der Waals surface area contributed by atoms with Crippen molar-refractivity contribution in [3.63, 3.8) is 0 Å². The second-order valence-electron chi connectivity index (χ2n) is 6.16. The molecule has 0 unspecified atom stereocenters. The first-order valence-corrected chi connectivity index (χ1v) is 9.31. The molecular weight excluding hydrogens is 344 g/mol. The lowest BCUT2D eigenvalue weighted by molar-refractivity contribution is 0.0690. The molecule has 4 rings (SSSR count). The number of carboxylic acid groups (broad SMARTS) is 1. The van der Waals surface area contributed by atoms with Gasteiger partial charge in [-0.25, -0.2) is 9.78 Å². The van der Waals surface area contributed by atoms with Crippen molar-refractivity contribution in [2.75, 3.05) is 0 Å². The zero-order valence-electron chi connectivity index (χ0n) is 14.6. The van der Waals surface area contributed by atoms with Gasteiger partial charge < -0.3 is 5.11 Å². The minimum absolute atomic E-state index is 0.213. The van der Waals surface area contributed by atoms with Crippen molar-refractivity contribution in [3.05, 3.63) is 70.7 Å². The Hall–Kier alpha value is -2.92. The third-order valence-corrected chi connectivity index (χ3v) is 5.49. The summed E-state index contributed by atoms with van der Waals surface area (Å²) in [6.07, 6.45) is 0.974. The van der Waals surface area contributed by atoms with Gasteiger partial charge in [0.1, 0.15) is 5.69 Å². The predicted molar refractivity (Wildman–Crippen MR) is 105 cm³/mol. The van der Waals surface area contributed by atoms with E-state index in [1.54, 1.807) is 4.40 Å². The van der Waals surface area contributed by atoms with Gasteiger partial charge in [-0.05, 0) is 24.5 Å². The van der Waals surface area contributed by atoms with Gasteiger partial charge in [0.05, 0.1) is 5.69 Å². The number of aromatic carboxylic acids is 1. The number of fused-ring (bicyclic) bond motifs is 1. The van der Waals surface area contributed by atoms with Gasteiger partial charge in [-0.2, -0.15) is 0 Å². The summed E-state index contributed by atoms with van der Waals surface area (Å²) in [4.78, 5) is 18.5. The number of imidazole rings is 1. The Bertz CT molecular complexity index is 1090. The monoisotopic (exact) mass is 362 g/mol.